The van der Waals surface area contributed by atoms with Crippen molar-refractivity contribution in [2.24, 2.45) is 17.1 Å². The Hall–Kier alpha value is -0.180. The van der Waals surface area contributed by atoms with Crippen molar-refractivity contribution >= 4 is 0 Å². The van der Waals surface area contributed by atoms with Gasteiger partial charge in [0.15, 0.2) is 0 Å². The lowest BCUT2D eigenvalue weighted by atomic mass is 9.73. The summed E-state index contributed by atoms with van der Waals surface area (Å²) >= 11 is 0. The van der Waals surface area contributed by atoms with E-state index < -0.39 is 16.9 Å². The maximum absolute atomic E-state index is 13.9. The zero-order valence-corrected chi connectivity index (χ0v) is 10.1. The molecule has 3 heteroatoms. The minimum Gasteiger partial charge on any atom is -0.320 e. The monoisotopic (exact) mass is 207 g/mol. The Labute approximate surface area is 86.1 Å². The van der Waals surface area contributed by atoms with E-state index in [4.69, 9.17) is 5.73 Å². The van der Waals surface area contributed by atoms with Crippen molar-refractivity contribution < 1.29 is 8.78 Å². The van der Waals surface area contributed by atoms with Crippen LogP contribution in [0, 0.1) is 11.3 Å². The second kappa shape index (κ2) is 3.76. The van der Waals surface area contributed by atoms with E-state index >= 15 is 0 Å². The summed E-state index contributed by atoms with van der Waals surface area (Å²) in [7, 11) is 0. The average molecular weight is 207 g/mol. The molecule has 0 bridgehead atoms. The first kappa shape index (κ1) is 13.8. The van der Waals surface area contributed by atoms with E-state index in [0.29, 0.717) is 6.42 Å². The van der Waals surface area contributed by atoms with Crippen molar-refractivity contribution in [1.29, 1.82) is 0 Å². The highest BCUT2D eigenvalue weighted by molar-refractivity contribution is 5.00. The maximum atomic E-state index is 13.9. The molecule has 1 unspecified atom stereocenters. The van der Waals surface area contributed by atoms with Crippen molar-refractivity contribution in [2.75, 3.05) is 0 Å². The third-order valence-electron chi connectivity index (χ3n) is 2.49. The predicted octanol–water partition coefficient (Wildman–Crippen LogP) is 3.43. The molecule has 0 aliphatic heterocycles. The number of nitrogens with two attached hydrogens (primary N) is 1. The van der Waals surface area contributed by atoms with E-state index in [1.54, 1.807) is 0 Å². The summed E-state index contributed by atoms with van der Waals surface area (Å²) in [5.74, 6) is -2.68. The van der Waals surface area contributed by atoms with Gasteiger partial charge in [0, 0.05) is 5.41 Å². The molecule has 14 heavy (non-hydrogen) atoms. The smallest absolute Gasteiger partial charge is 0.270 e. The minimum atomic E-state index is -2.86. The molecule has 0 aliphatic rings. The molecule has 0 saturated carbocycles. The van der Waals surface area contributed by atoms with Gasteiger partial charge in [-0.05, 0) is 19.3 Å². The predicted molar refractivity (Wildman–Crippen MR) is 56.4 cm³/mol. The van der Waals surface area contributed by atoms with Gasteiger partial charge in [-0.15, -0.1) is 0 Å². The van der Waals surface area contributed by atoms with Crippen LogP contribution in [0.4, 0.5) is 8.78 Å². The van der Waals surface area contributed by atoms with Gasteiger partial charge in [-0.2, -0.15) is 0 Å². The van der Waals surface area contributed by atoms with Crippen molar-refractivity contribution in [3.63, 3.8) is 0 Å². The van der Waals surface area contributed by atoms with Crippen molar-refractivity contribution in [1.82, 2.24) is 0 Å². The first-order valence-corrected chi connectivity index (χ1v) is 5.08. The van der Waals surface area contributed by atoms with Crippen LogP contribution in [-0.4, -0.2) is 11.5 Å². The van der Waals surface area contributed by atoms with Gasteiger partial charge >= 0.3 is 0 Å². The summed E-state index contributed by atoms with van der Waals surface area (Å²) < 4.78 is 27.9. The Balaban J connectivity index is 4.88. The Morgan fingerprint density at radius 1 is 1.07 bits per heavy atom. The van der Waals surface area contributed by atoms with Gasteiger partial charge < -0.3 is 5.73 Å². The van der Waals surface area contributed by atoms with E-state index in [9.17, 15) is 8.78 Å². The zero-order chi connectivity index (χ0) is 11.8. The third-order valence-corrected chi connectivity index (χ3v) is 2.49. The highest BCUT2D eigenvalue weighted by atomic mass is 19.3. The molecule has 0 fully saturated rings. The lowest BCUT2D eigenvalue weighted by Gasteiger charge is -2.43. The van der Waals surface area contributed by atoms with Crippen LogP contribution in [-0.2, 0) is 0 Å². The number of rotatable bonds is 3. The SMILES string of the molecule is CC(C)CC(C)(N)C(F)(F)C(C)(C)C. The molecule has 0 rings (SSSR count). The number of hydrogen-bond donors (Lipinski definition) is 1. The van der Waals surface area contributed by atoms with E-state index in [-0.39, 0.29) is 5.92 Å². The third kappa shape index (κ3) is 2.66. The van der Waals surface area contributed by atoms with Crippen molar-refractivity contribution in [3.8, 4) is 0 Å². The van der Waals surface area contributed by atoms with Gasteiger partial charge in [0.05, 0.1) is 5.54 Å². The first-order valence-electron chi connectivity index (χ1n) is 5.08. The van der Waals surface area contributed by atoms with Crippen molar-refractivity contribution in [3.05, 3.63) is 0 Å². The van der Waals surface area contributed by atoms with Crippen LogP contribution >= 0.6 is 0 Å². The minimum absolute atomic E-state index is 0.179. The summed E-state index contributed by atoms with van der Waals surface area (Å²) in [6.07, 6.45) is 0.331. The van der Waals surface area contributed by atoms with Gasteiger partial charge in [0.1, 0.15) is 0 Å². The molecule has 0 spiro atoms. The van der Waals surface area contributed by atoms with Gasteiger partial charge in [0.2, 0.25) is 0 Å². The molecule has 1 atom stereocenters. The van der Waals surface area contributed by atoms with E-state index in [1.165, 1.54) is 27.7 Å². The van der Waals surface area contributed by atoms with Crippen LogP contribution in [0.3, 0.4) is 0 Å². The highest BCUT2D eigenvalue weighted by Crippen LogP contribution is 2.44. The second-order valence-electron chi connectivity index (χ2n) is 5.84. The van der Waals surface area contributed by atoms with Crippen LogP contribution in [0.2, 0.25) is 0 Å². The van der Waals surface area contributed by atoms with Gasteiger partial charge in [-0.1, -0.05) is 34.6 Å². The quantitative estimate of drug-likeness (QED) is 0.753. The second-order valence-corrected chi connectivity index (χ2v) is 5.84. The highest BCUT2D eigenvalue weighted by Gasteiger charge is 2.55. The lowest BCUT2D eigenvalue weighted by molar-refractivity contribution is -0.153. The van der Waals surface area contributed by atoms with Crippen LogP contribution < -0.4 is 5.73 Å². The molecular formula is C11H23F2N. The average Bonchev–Trinajstić information content (AvgIpc) is 1.80. The summed E-state index contributed by atoms with van der Waals surface area (Å²) in [5.41, 5.74) is 3.21. The normalized spacial score (nSPS) is 18.4. The molecule has 0 saturated heterocycles. The van der Waals surface area contributed by atoms with Crippen LogP contribution in [0.5, 0.6) is 0 Å². The topological polar surface area (TPSA) is 26.0 Å². The number of hydrogen-bond acceptors (Lipinski definition) is 1. The molecular weight excluding hydrogens is 184 g/mol. The Kier molecular flexibility index (Phi) is 3.71. The van der Waals surface area contributed by atoms with Crippen LogP contribution in [0.1, 0.15) is 48.0 Å². The van der Waals surface area contributed by atoms with Crippen molar-refractivity contribution in [2.45, 2.75) is 59.4 Å². The Morgan fingerprint density at radius 2 is 1.43 bits per heavy atom. The molecule has 0 aromatic rings. The molecule has 0 radical (unpaired) electrons. The summed E-state index contributed by atoms with van der Waals surface area (Å²) in [4.78, 5) is 0. The fraction of sp³-hybridized carbons (Fsp3) is 1.00. The zero-order valence-electron chi connectivity index (χ0n) is 10.1. The molecule has 0 heterocycles. The molecule has 86 valence electrons. The maximum Gasteiger partial charge on any atom is 0.270 e. The van der Waals surface area contributed by atoms with Gasteiger partial charge in [-0.25, -0.2) is 8.78 Å². The molecule has 1 nitrogen and oxygen atoms in total. The largest absolute Gasteiger partial charge is 0.320 e. The van der Waals surface area contributed by atoms with Crippen LogP contribution in [0.15, 0.2) is 0 Å². The van der Waals surface area contributed by atoms with Crippen LogP contribution in [0.25, 0.3) is 0 Å². The van der Waals surface area contributed by atoms with Gasteiger partial charge in [0.25, 0.3) is 5.92 Å². The number of alkyl halides is 2. The fourth-order valence-electron chi connectivity index (χ4n) is 1.83. The first-order chi connectivity index (χ1) is 5.92. The molecule has 0 aromatic heterocycles. The fourth-order valence-corrected chi connectivity index (χ4v) is 1.83. The molecule has 0 aromatic carbocycles. The van der Waals surface area contributed by atoms with E-state index in [1.807, 2.05) is 13.8 Å². The summed E-state index contributed by atoms with van der Waals surface area (Å²) in [6, 6.07) is 0. The summed E-state index contributed by atoms with van der Waals surface area (Å²) in [5, 5.41) is 0. The van der Waals surface area contributed by atoms with E-state index in [0.717, 1.165) is 0 Å². The number of halogens is 2. The summed E-state index contributed by atoms with van der Waals surface area (Å²) in [6.45, 7) is 9.83. The van der Waals surface area contributed by atoms with E-state index in [2.05, 4.69) is 0 Å². The molecule has 2 N–H and O–H groups in total. The molecule has 0 amide bonds. The Morgan fingerprint density at radius 3 is 1.64 bits per heavy atom. The lowest BCUT2D eigenvalue weighted by Crippen LogP contribution is -2.60. The van der Waals surface area contributed by atoms with Gasteiger partial charge in [-0.3, -0.25) is 0 Å². The Bertz CT molecular complexity index is 190. The standard InChI is InChI=1S/C11H23F2N/c1-8(2)7-10(6,14)11(12,13)9(3,4)5/h8H,7,14H2,1-6H3. The molecule has 0 aliphatic carbocycles.